The van der Waals surface area contributed by atoms with E-state index in [1.54, 1.807) is 0 Å². The van der Waals surface area contributed by atoms with Crippen molar-refractivity contribution < 1.29 is 4.74 Å². The van der Waals surface area contributed by atoms with Crippen LogP contribution in [0.2, 0.25) is 5.28 Å². The number of nitrogens with zero attached hydrogens (tertiary/aromatic N) is 6. The van der Waals surface area contributed by atoms with E-state index in [1.165, 1.54) is 18.4 Å². The maximum atomic E-state index is 6.16. The van der Waals surface area contributed by atoms with Gasteiger partial charge in [0.25, 0.3) is 0 Å². The average Bonchev–Trinajstić information content (AvgIpc) is 3.25. The summed E-state index contributed by atoms with van der Waals surface area (Å²) < 4.78 is 7.64. The second-order valence-electron chi connectivity index (χ2n) is 7.68. The fourth-order valence-electron chi connectivity index (χ4n) is 4.06. The van der Waals surface area contributed by atoms with Crippen molar-refractivity contribution in [2.24, 2.45) is 0 Å². The van der Waals surface area contributed by atoms with Crippen LogP contribution in [0, 0.1) is 0 Å². The number of fused-ring (bicyclic) bond motifs is 2. The van der Waals surface area contributed by atoms with Gasteiger partial charge in [0.05, 0.1) is 31.1 Å². The molecule has 28 heavy (non-hydrogen) atoms. The predicted octanol–water partition coefficient (Wildman–Crippen LogP) is 3.32. The highest BCUT2D eigenvalue weighted by molar-refractivity contribution is 6.28. The monoisotopic (exact) mass is 394 g/mol. The van der Waals surface area contributed by atoms with Crippen LogP contribution in [0.1, 0.15) is 41.4 Å². The Morgan fingerprint density at radius 2 is 2.00 bits per heavy atom. The van der Waals surface area contributed by atoms with Gasteiger partial charge in [0.1, 0.15) is 5.82 Å². The Balaban J connectivity index is 1.33. The molecule has 0 aromatic carbocycles. The van der Waals surface area contributed by atoms with E-state index in [1.807, 2.05) is 12.4 Å². The average molecular weight is 395 g/mol. The number of hydrogen-bond donors (Lipinski definition) is 0. The van der Waals surface area contributed by atoms with E-state index < -0.39 is 0 Å². The van der Waals surface area contributed by atoms with E-state index in [9.17, 15) is 0 Å². The number of pyridine rings is 1. The van der Waals surface area contributed by atoms with E-state index in [-0.39, 0.29) is 5.28 Å². The molecule has 8 heteroatoms. The normalized spacial score (nSPS) is 18.2. The van der Waals surface area contributed by atoms with Crippen LogP contribution in [0.5, 0.6) is 0 Å². The minimum absolute atomic E-state index is 0.282. The smallest absolute Gasteiger partial charge is 0.224 e. The quantitative estimate of drug-likeness (QED) is 0.635. The third kappa shape index (κ3) is 2.77. The zero-order valence-corrected chi connectivity index (χ0v) is 16.1. The Hall–Kier alpha value is -2.51. The molecule has 3 aromatic heterocycles. The summed E-state index contributed by atoms with van der Waals surface area (Å²) in [6.45, 7) is 2.67. The summed E-state index contributed by atoms with van der Waals surface area (Å²) >= 11 is 6.16. The number of hydrogen-bond acceptors (Lipinski definition) is 6. The van der Waals surface area contributed by atoms with Gasteiger partial charge in [-0.2, -0.15) is 5.10 Å². The molecule has 142 valence electrons. The molecule has 2 aliphatic heterocycles. The molecule has 1 fully saturated rings. The van der Waals surface area contributed by atoms with Crippen molar-refractivity contribution in [3.05, 3.63) is 52.5 Å². The van der Waals surface area contributed by atoms with Crippen molar-refractivity contribution in [3.8, 4) is 11.1 Å². The Kier molecular flexibility index (Phi) is 3.67. The fraction of sp³-hybridized carbons (Fsp3) is 0.400. The molecular formula is C20H19ClN6O. The molecular weight excluding hydrogens is 376 g/mol. The molecule has 0 N–H and O–H groups in total. The van der Waals surface area contributed by atoms with E-state index >= 15 is 0 Å². The Bertz CT molecular complexity index is 1080. The van der Waals surface area contributed by atoms with Gasteiger partial charge in [-0.05, 0) is 36.1 Å². The van der Waals surface area contributed by atoms with Gasteiger partial charge in [-0.25, -0.2) is 9.97 Å². The van der Waals surface area contributed by atoms with Gasteiger partial charge in [-0.15, -0.1) is 0 Å². The number of ether oxygens (including phenoxy) is 1. The third-order valence-corrected chi connectivity index (χ3v) is 5.89. The molecule has 1 aliphatic carbocycles. The lowest BCUT2D eigenvalue weighted by molar-refractivity contribution is 0.133. The van der Waals surface area contributed by atoms with Crippen LogP contribution in [-0.2, 0) is 30.9 Å². The van der Waals surface area contributed by atoms with Crippen LogP contribution in [0.4, 0.5) is 5.82 Å². The largest absolute Gasteiger partial charge is 0.370 e. The second-order valence-corrected chi connectivity index (χ2v) is 8.01. The molecule has 0 unspecified atom stereocenters. The third-order valence-electron chi connectivity index (χ3n) is 5.72. The SMILES string of the molecule is Clc1nc2c(c(N3CCc4ncc(-c5cnn(C6CC6)c5)cc4C3)n1)COC2. The zero-order chi connectivity index (χ0) is 18.7. The Labute approximate surface area is 167 Å². The first kappa shape index (κ1) is 16.4. The second kappa shape index (κ2) is 6.25. The minimum Gasteiger partial charge on any atom is -0.370 e. The Morgan fingerprint density at radius 3 is 2.89 bits per heavy atom. The lowest BCUT2D eigenvalue weighted by Gasteiger charge is -2.30. The lowest BCUT2D eigenvalue weighted by Crippen LogP contribution is -2.32. The maximum absolute atomic E-state index is 6.16. The van der Waals surface area contributed by atoms with Crippen LogP contribution < -0.4 is 4.90 Å². The summed E-state index contributed by atoms with van der Waals surface area (Å²) in [7, 11) is 0. The predicted molar refractivity (Wildman–Crippen MR) is 104 cm³/mol. The zero-order valence-electron chi connectivity index (χ0n) is 15.3. The number of halogens is 1. The molecule has 5 heterocycles. The van der Waals surface area contributed by atoms with Crippen molar-refractivity contribution in [2.75, 3.05) is 11.4 Å². The summed E-state index contributed by atoms with van der Waals surface area (Å²) in [6.07, 6.45) is 9.39. The van der Waals surface area contributed by atoms with Crippen LogP contribution >= 0.6 is 11.6 Å². The Morgan fingerprint density at radius 1 is 1.07 bits per heavy atom. The highest BCUT2D eigenvalue weighted by atomic mass is 35.5. The lowest BCUT2D eigenvalue weighted by atomic mass is 10.0. The molecule has 0 saturated heterocycles. The first-order valence-electron chi connectivity index (χ1n) is 9.65. The summed E-state index contributed by atoms with van der Waals surface area (Å²) in [5, 5.41) is 4.79. The van der Waals surface area contributed by atoms with E-state index in [4.69, 9.17) is 21.3 Å². The van der Waals surface area contributed by atoms with Crippen molar-refractivity contribution in [1.82, 2.24) is 24.7 Å². The van der Waals surface area contributed by atoms with Crippen LogP contribution in [0.3, 0.4) is 0 Å². The van der Waals surface area contributed by atoms with Gasteiger partial charge < -0.3 is 9.64 Å². The van der Waals surface area contributed by atoms with Crippen molar-refractivity contribution in [1.29, 1.82) is 0 Å². The van der Waals surface area contributed by atoms with Crippen LogP contribution in [0.25, 0.3) is 11.1 Å². The summed E-state index contributed by atoms with van der Waals surface area (Å²) in [5.74, 6) is 0.894. The first-order chi connectivity index (χ1) is 13.7. The molecule has 0 radical (unpaired) electrons. The first-order valence-corrected chi connectivity index (χ1v) is 10.0. The summed E-state index contributed by atoms with van der Waals surface area (Å²) in [5.41, 5.74) is 6.58. The topological polar surface area (TPSA) is 69.0 Å². The molecule has 3 aromatic rings. The molecule has 7 nitrogen and oxygen atoms in total. The number of anilines is 1. The molecule has 0 bridgehead atoms. The molecule has 0 spiro atoms. The molecule has 0 atom stereocenters. The van der Waals surface area contributed by atoms with Gasteiger partial charge >= 0.3 is 0 Å². The minimum atomic E-state index is 0.282. The van der Waals surface area contributed by atoms with Crippen molar-refractivity contribution in [3.63, 3.8) is 0 Å². The van der Waals surface area contributed by atoms with Gasteiger partial charge in [0.2, 0.25) is 5.28 Å². The molecule has 6 rings (SSSR count). The maximum Gasteiger partial charge on any atom is 0.224 e. The van der Waals surface area contributed by atoms with Crippen molar-refractivity contribution >= 4 is 17.4 Å². The summed E-state index contributed by atoms with van der Waals surface area (Å²) in [4.78, 5) is 15.8. The molecule has 3 aliphatic rings. The standard InChI is InChI=1S/C20H19ClN6O/c21-20-24-18-11-28-10-16(18)19(25-20)26-4-3-17-13(8-26)5-12(6-22-17)14-7-23-27(9-14)15-1-2-15/h5-7,9,15H,1-4,8,10-11H2. The molecule has 0 amide bonds. The fourth-order valence-corrected chi connectivity index (χ4v) is 4.24. The van der Waals surface area contributed by atoms with E-state index in [0.717, 1.165) is 53.4 Å². The van der Waals surface area contributed by atoms with Crippen LogP contribution in [-0.4, -0.2) is 31.3 Å². The summed E-state index contributed by atoms with van der Waals surface area (Å²) in [6, 6.07) is 2.82. The molecule has 1 saturated carbocycles. The van der Waals surface area contributed by atoms with E-state index in [0.29, 0.717) is 19.3 Å². The van der Waals surface area contributed by atoms with Gasteiger partial charge in [0.15, 0.2) is 0 Å². The number of rotatable bonds is 3. The number of aromatic nitrogens is 5. The van der Waals surface area contributed by atoms with E-state index in [2.05, 4.69) is 36.9 Å². The van der Waals surface area contributed by atoms with Crippen LogP contribution in [0.15, 0.2) is 24.7 Å². The van der Waals surface area contributed by atoms with Gasteiger partial charge in [-0.3, -0.25) is 9.67 Å². The highest BCUT2D eigenvalue weighted by Crippen LogP contribution is 2.36. The van der Waals surface area contributed by atoms with Gasteiger partial charge in [0, 0.05) is 54.3 Å². The highest BCUT2D eigenvalue weighted by Gasteiger charge is 2.27. The van der Waals surface area contributed by atoms with Crippen molar-refractivity contribution in [2.45, 2.75) is 45.1 Å². The van der Waals surface area contributed by atoms with Gasteiger partial charge in [-0.1, -0.05) is 0 Å².